The molecule has 7 heteroatoms. The Kier molecular flexibility index (Phi) is 4.41. The van der Waals surface area contributed by atoms with Gasteiger partial charge in [-0.05, 0) is 36.1 Å². The highest BCUT2D eigenvalue weighted by Gasteiger charge is 2.18. The lowest BCUT2D eigenvalue weighted by atomic mass is 10.1. The Hall–Kier alpha value is -1.15. The van der Waals surface area contributed by atoms with Gasteiger partial charge in [-0.1, -0.05) is 6.07 Å². The topological polar surface area (TPSA) is 95.7 Å². The van der Waals surface area contributed by atoms with Gasteiger partial charge in [0.2, 0.25) is 0 Å². The van der Waals surface area contributed by atoms with Crippen LogP contribution in [0, 0.1) is 0 Å². The Balaban J connectivity index is 1.70. The number of nitrogens with zero attached hydrogens (tertiary/aromatic N) is 1. The minimum Gasteiger partial charge on any atom is -0.399 e. The highest BCUT2D eigenvalue weighted by molar-refractivity contribution is 7.85. The molecule has 2 rings (SSSR count). The first-order chi connectivity index (χ1) is 8.94. The van der Waals surface area contributed by atoms with E-state index >= 15 is 0 Å². The van der Waals surface area contributed by atoms with Gasteiger partial charge < -0.3 is 5.73 Å². The number of benzene rings is 1. The Morgan fingerprint density at radius 2 is 2.00 bits per heavy atom. The summed E-state index contributed by atoms with van der Waals surface area (Å²) in [5.74, 6) is -0.175. The van der Waals surface area contributed by atoms with E-state index in [1.165, 1.54) is 11.1 Å². The van der Waals surface area contributed by atoms with E-state index in [-0.39, 0.29) is 5.75 Å². The molecule has 106 valence electrons. The second-order valence-corrected chi connectivity index (χ2v) is 6.36. The van der Waals surface area contributed by atoms with Crippen LogP contribution in [0.5, 0.6) is 0 Å². The number of nitrogens with two attached hydrogens (primary N) is 1. The molecule has 0 amide bonds. The molecule has 19 heavy (non-hydrogen) atoms. The molecule has 1 aliphatic rings. The molecule has 0 saturated carbocycles. The van der Waals surface area contributed by atoms with E-state index in [1.807, 2.05) is 18.2 Å². The minimum absolute atomic E-state index is 0.175. The summed E-state index contributed by atoms with van der Waals surface area (Å²) < 4.78 is 29.7. The third kappa shape index (κ3) is 4.46. The van der Waals surface area contributed by atoms with E-state index in [0.29, 0.717) is 19.4 Å². The molecule has 0 spiro atoms. The molecule has 0 atom stereocenters. The van der Waals surface area contributed by atoms with Crippen molar-refractivity contribution in [3.05, 3.63) is 29.3 Å². The summed E-state index contributed by atoms with van der Waals surface area (Å²) in [5.41, 5.74) is 12.3. The van der Waals surface area contributed by atoms with Crippen molar-refractivity contribution >= 4 is 15.8 Å². The van der Waals surface area contributed by atoms with Crippen molar-refractivity contribution in [1.82, 2.24) is 10.4 Å². The van der Waals surface area contributed by atoms with Crippen molar-refractivity contribution in [3.8, 4) is 0 Å². The fourth-order valence-electron chi connectivity index (χ4n) is 2.17. The van der Waals surface area contributed by atoms with Crippen molar-refractivity contribution in [1.29, 1.82) is 0 Å². The van der Waals surface area contributed by atoms with Crippen LogP contribution in [0.15, 0.2) is 18.2 Å². The SMILES string of the molecule is Nc1ccc2c(c1)CN(NCCCCS(=O)(=O)O)C2. The molecule has 0 unspecified atom stereocenters. The van der Waals surface area contributed by atoms with E-state index in [2.05, 4.69) is 10.4 Å². The predicted octanol–water partition coefficient (Wildman–Crippen LogP) is 0.757. The van der Waals surface area contributed by atoms with Crippen LogP contribution in [-0.2, 0) is 23.2 Å². The summed E-state index contributed by atoms with van der Waals surface area (Å²) >= 11 is 0. The summed E-state index contributed by atoms with van der Waals surface area (Å²) in [6.45, 7) is 2.32. The Morgan fingerprint density at radius 1 is 1.26 bits per heavy atom. The highest BCUT2D eigenvalue weighted by atomic mass is 32.2. The molecule has 1 aromatic carbocycles. The van der Waals surface area contributed by atoms with Crippen LogP contribution in [0.1, 0.15) is 24.0 Å². The number of anilines is 1. The molecule has 0 saturated heterocycles. The van der Waals surface area contributed by atoms with Gasteiger partial charge in [0.1, 0.15) is 0 Å². The second-order valence-electron chi connectivity index (χ2n) is 4.79. The van der Waals surface area contributed by atoms with E-state index in [0.717, 1.165) is 18.8 Å². The number of hydrogen-bond acceptors (Lipinski definition) is 5. The average Bonchev–Trinajstić information content (AvgIpc) is 2.68. The zero-order valence-electron chi connectivity index (χ0n) is 10.7. The monoisotopic (exact) mass is 285 g/mol. The molecule has 0 aliphatic carbocycles. The molecule has 1 heterocycles. The average molecular weight is 285 g/mol. The zero-order valence-corrected chi connectivity index (χ0v) is 11.5. The maximum Gasteiger partial charge on any atom is 0.264 e. The Morgan fingerprint density at radius 3 is 2.74 bits per heavy atom. The number of fused-ring (bicyclic) bond motifs is 1. The van der Waals surface area contributed by atoms with Crippen LogP contribution >= 0.6 is 0 Å². The number of rotatable bonds is 6. The van der Waals surface area contributed by atoms with Gasteiger partial charge in [0.05, 0.1) is 5.75 Å². The van der Waals surface area contributed by atoms with Crippen molar-refractivity contribution in [3.63, 3.8) is 0 Å². The largest absolute Gasteiger partial charge is 0.399 e. The van der Waals surface area contributed by atoms with Crippen LogP contribution in [0.25, 0.3) is 0 Å². The van der Waals surface area contributed by atoms with Gasteiger partial charge in [0.15, 0.2) is 0 Å². The second kappa shape index (κ2) is 5.87. The normalized spacial score (nSPS) is 15.6. The fraction of sp³-hybridized carbons (Fsp3) is 0.500. The van der Waals surface area contributed by atoms with Crippen LogP contribution in [0.3, 0.4) is 0 Å². The van der Waals surface area contributed by atoms with Crippen molar-refractivity contribution in [2.75, 3.05) is 18.0 Å². The highest BCUT2D eigenvalue weighted by Crippen LogP contribution is 2.23. The lowest BCUT2D eigenvalue weighted by Gasteiger charge is -2.16. The third-order valence-electron chi connectivity index (χ3n) is 3.12. The first-order valence-electron chi connectivity index (χ1n) is 6.25. The lowest BCUT2D eigenvalue weighted by molar-refractivity contribution is 0.189. The third-order valence-corrected chi connectivity index (χ3v) is 3.92. The summed E-state index contributed by atoms with van der Waals surface area (Å²) in [7, 11) is -3.83. The van der Waals surface area contributed by atoms with Crippen LogP contribution in [0.4, 0.5) is 5.69 Å². The smallest absolute Gasteiger partial charge is 0.264 e. The van der Waals surface area contributed by atoms with Gasteiger partial charge in [-0.2, -0.15) is 8.42 Å². The van der Waals surface area contributed by atoms with Gasteiger partial charge in [-0.3, -0.25) is 9.98 Å². The van der Waals surface area contributed by atoms with Crippen LogP contribution in [0.2, 0.25) is 0 Å². The van der Waals surface area contributed by atoms with Crippen molar-refractivity contribution < 1.29 is 13.0 Å². The lowest BCUT2D eigenvalue weighted by Crippen LogP contribution is -2.34. The van der Waals surface area contributed by atoms with E-state index in [1.54, 1.807) is 0 Å². The summed E-state index contributed by atoms with van der Waals surface area (Å²) in [5, 5.41) is 2.08. The van der Waals surface area contributed by atoms with Crippen molar-refractivity contribution in [2.24, 2.45) is 0 Å². The van der Waals surface area contributed by atoms with Crippen LogP contribution in [-0.4, -0.2) is 30.3 Å². The fourth-order valence-corrected chi connectivity index (χ4v) is 2.74. The first-order valence-corrected chi connectivity index (χ1v) is 7.86. The number of nitrogen functional groups attached to an aromatic ring is 1. The Bertz CT molecular complexity index is 545. The van der Waals surface area contributed by atoms with Gasteiger partial charge in [0.25, 0.3) is 10.1 Å². The van der Waals surface area contributed by atoms with E-state index < -0.39 is 10.1 Å². The summed E-state index contributed by atoms with van der Waals surface area (Å²) in [6.07, 6.45) is 1.16. The van der Waals surface area contributed by atoms with Gasteiger partial charge in [-0.15, -0.1) is 0 Å². The molecule has 0 fully saturated rings. The molecule has 1 aliphatic heterocycles. The zero-order chi connectivity index (χ0) is 13.9. The molecule has 0 aromatic heterocycles. The molecular weight excluding hydrogens is 266 g/mol. The van der Waals surface area contributed by atoms with Gasteiger partial charge in [-0.25, -0.2) is 5.01 Å². The number of hydrogen-bond donors (Lipinski definition) is 3. The Labute approximate surface area is 113 Å². The predicted molar refractivity (Wildman–Crippen MR) is 73.8 cm³/mol. The summed E-state index contributed by atoms with van der Waals surface area (Å²) in [6, 6.07) is 5.91. The molecule has 6 nitrogen and oxygen atoms in total. The summed E-state index contributed by atoms with van der Waals surface area (Å²) in [4.78, 5) is 0. The van der Waals surface area contributed by atoms with E-state index in [9.17, 15) is 8.42 Å². The van der Waals surface area contributed by atoms with Crippen LogP contribution < -0.4 is 11.2 Å². The molecule has 0 radical (unpaired) electrons. The number of unbranched alkanes of at least 4 members (excludes halogenated alkanes) is 1. The molecule has 1 aromatic rings. The van der Waals surface area contributed by atoms with Gasteiger partial charge in [0, 0.05) is 25.3 Å². The molecular formula is C12H19N3O3S. The number of nitrogens with one attached hydrogen (secondary N) is 1. The minimum atomic E-state index is -3.83. The molecule has 0 bridgehead atoms. The maximum absolute atomic E-state index is 10.5. The maximum atomic E-state index is 10.5. The van der Waals surface area contributed by atoms with E-state index in [4.69, 9.17) is 10.3 Å². The first kappa shape index (κ1) is 14.3. The van der Waals surface area contributed by atoms with Crippen molar-refractivity contribution in [2.45, 2.75) is 25.9 Å². The quantitative estimate of drug-likeness (QED) is 0.406. The number of hydrazine groups is 1. The standard InChI is InChI=1S/C12H19N3O3S/c13-12-4-3-10-8-15(9-11(10)7-12)14-5-1-2-6-19(16,17)18/h3-4,7,14H,1-2,5-6,8-9,13H2,(H,16,17,18). The van der Waals surface area contributed by atoms with Gasteiger partial charge >= 0.3 is 0 Å². The molecule has 4 N–H and O–H groups in total.